The van der Waals surface area contributed by atoms with Gasteiger partial charge >= 0.3 is 0 Å². The van der Waals surface area contributed by atoms with Crippen LogP contribution in [0.4, 0.5) is 17.1 Å². The summed E-state index contributed by atoms with van der Waals surface area (Å²) in [5.74, 6) is -0.106. The molecule has 8 heteroatoms. The third-order valence-corrected chi connectivity index (χ3v) is 4.97. The van der Waals surface area contributed by atoms with Crippen LogP contribution in [0.15, 0.2) is 36.4 Å². The fourth-order valence-electron chi connectivity index (χ4n) is 3.31. The second-order valence-corrected chi connectivity index (χ2v) is 7.16. The highest BCUT2D eigenvalue weighted by Gasteiger charge is 2.27. The van der Waals surface area contributed by atoms with Crippen LogP contribution >= 0.6 is 11.6 Å². The SMILES string of the molecule is C[C@@H]1Oc2ccc(NC(=O)c3ccc(Cl)cc3N3CCCC3=O)cc2NC1=O. The van der Waals surface area contributed by atoms with Crippen molar-refractivity contribution in [2.24, 2.45) is 0 Å². The van der Waals surface area contributed by atoms with Gasteiger partial charge in [-0.25, -0.2) is 0 Å². The lowest BCUT2D eigenvalue weighted by Crippen LogP contribution is -2.34. The summed E-state index contributed by atoms with van der Waals surface area (Å²) in [6.45, 7) is 2.22. The van der Waals surface area contributed by atoms with Gasteiger partial charge in [-0.3, -0.25) is 14.4 Å². The van der Waals surface area contributed by atoms with E-state index in [9.17, 15) is 14.4 Å². The van der Waals surface area contributed by atoms with Crippen LogP contribution in [0.3, 0.4) is 0 Å². The predicted molar refractivity (Wildman–Crippen MR) is 106 cm³/mol. The van der Waals surface area contributed by atoms with Crippen molar-refractivity contribution in [1.82, 2.24) is 0 Å². The molecule has 0 spiro atoms. The fraction of sp³-hybridized carbons (Fsp3) is 0.250. The molecule has 4 rings (SSSR count). The van der Waals surface area contributed by atoms with Crippen LogP contribution in [0.2, 0.25) is 5.02 Å². The van der Waals surface area contributed by atoms with Crippen LogP contribution in [-0.4, -0.2) is 30.4 Å². The van der Waals surface area contributed by atoms with Crippen molar-refractivity contribution in [3.8, 4) is 5.75 Å². The molecular formula is C20H18ClN3O4. The minimum absolute atomic E-state index is 0.0286. The minimum atomic E-state index is -0.567. The Bertz CT molecular complexity index is 991. The summed E-state index contributed by atoms with van der Waals surface area (Å²) < 4.78 is 5.52. The third-order valence-electron chi connectivity index (χ3n) is 4.74. The van der Waals surface area contributed by atoms with Crippen LogP contribution in [0.5, 0.6) is 5.75 Å². The number of carbonyl (C=O) groups is 3. The first kappa shape index (κ1) is 18.3. The molecule has 2 aliphatic heterocycles. The molecule has 28 heavy (non-hydrogen) atoms. The van der Waals surface area contributed by atoms with Gasteiger partial charge in [-0.1, -0.05) is 11.6 Å². The molecule has 1 atom stereocenters. The van der Waals surface area contributed by atoms with Gasteiger partial charge in [-0.05, 0) is 49.7 Å². The molecule has 2 N–H and O–H groups in total. The second-order valence-electron chi connectivity index (χ2n) is 6.72. The number of fused-ring (bicyclic) bond motifs is 1. The molecule has 0 radical (unpaired) electrons. The van der Waals surface area contributed by atoms with E-state index in [2.05, 4.69) is 10.6 Å². The highest BCUT2D eigenvalue weighted by Crippen LogP contribution is 2.33. The van der Waals surface area contributed by atoms with Gasteiger partial charge in [-0.15, -0.1) is 0 Å². The highest BCUT2D eigenvalue weighted by molar-refractivity contribution is 6.31. The summed E-state index contributed by atoms with van der Waals surface area (Å²) in [7, 11) is 0. The molecule has 0 aliphatic carbocycles. The van der Waals surface area contributed by atoms with E-state index in [0.29, 0.717) is 46.4 Å². The highest BCUT2D eigenvalue weighted by atomic mass is 35.5. The van der Waals surface area contributed by atoms with Gasteiger partial charge in [0.25, 0.3) is 11.8 Å². The van der Waals surface area contributed by atoms with Crippen molar-refractivity contribution in [2.45, 2.75) is 25.9 Å². The molecule has 3 amide bonds. The zero-order valence-corrected chi connectivity index (χ0v) is 15.9. The molecule has 2 aromatic carbocycles. The molecule has 0 bridgehead atoms. The smallest absolute Gasteiger partial charge is 0.265 e. The number of amides is 3. The standard InChI is InChI=1S/C20H18ClN3O4/c1-11-19(26)23-15-10-13(5-7-17(15)28-11)22-20(27)14-6-4-12(21)9-16(14)24-8-2-3-18(24)25/h4-7,9-11H,2-3,8H2,1H3,(H,22,27)(H,23,26)/t11-/m0/s1. The third kappa shape index (κ3) is 3.41. The van der Waals surface area contributed by atoms with Crippen molar-refractivity contribution < 1.29 is 19.1 Å². The van der Waals surface area contributed by atoms with Gasteiger partial charge in [0, 0.05) is 23.7 Å². The van der Waals surface area contributed by atoms with E-state index < -0.39 is 6.10 Å². The number of benzene rings is 2. The van der Waals surface area contributed by atoms with Gasteiger partial charge in [-0.2, -0.15) is 0 Å². The molecule has 7 nitrogen and oxygen atoms in total. The molecule has 2 aliphatic rings. The summed E-state index contributed by atoms with van der Waals surface area (Å²) in [4.78, 5) is 38.4. The molecule has 2 heterocycles. The maximum atomic E-state index is 12.9. The lowest BCUT2D eigenvalue weighted by molar-refractivity contribution is -0.122. The number of halogens is 1. The van der Waals surface area contributed by atoms with Crippen LogP contribution in [0, 0.1) is 0 Å². The largest absolute Gasteiger partial charge is 0.479 e. The van der Waals surface area contributed by atoms with E-state index >= 15 is 0 Å². The molecule has 144 valence electrons. The first-order valence-electron chi connectivity index (χ1n) is 8.95. The maximum absolute atomic E-state index is 12.9. The average Bonchev–Trinajstić information content (AvgIpc) is 3.08. The predicted octanol–water partition coefficient (Wildman–Crippen LogP) is 3.44. The van der Waals surface area contributed by atoms with E-state index in [0.717, 1.165) is 6.42 Å². The van der Waals surface area contributed by atoms with E-state index in [1.807, 2.05) is 0 Å². The summed E-state index contributed by atoms with van der Waals surface area (Å²) >= 11 is 6.09. The van der Waals surface area contributed by atoms with Gasteiger partial charge in [0.15, 0.2) is 6.10 Å². The fourth-order valence-corrected chi connectivity index (χ4v) is 3.47. The Morgan fingerprint density at radius 3 is 2.82 bits per heavy atom. The van der Waals surface area contributed by atoms with Gasteiger partial charge < -0.3 is 20.3 Å². The molecule has 1 fully saturated rings. The van der Waals surface area contributed by atoms with Crippen molar-refractivity contribution in [2.75, 3.05) is 22.1 Å². The first-order chi connectivity index (χ1) is 13.4. The molecule has 2 aromatic rings. The molecule has 0 unspecified atom stereocenters. The lowest BCUT2D eigenvalue weighted by Gasteiger charge is -2.24. The van der Waals surface area contributed by atoms with Crippen molar-refractivity contribution in [3.63, 3.8) is 0 Å². The van der Waals surface area contributed by atoms with Gasteiger partial charge in [0.05, 0.1) is 16.9 Å². The number of hydrogen-bond donors (Lipinski definition) is 2. The molecular weight excluding hydrogens is 382 g/mol. The van der Waals surface area contributed by atoms with E-state index in [1.54, 1.807) is 48.2 Å². The molecule has 0 aromatic heterocycles. The summed E-state index contributed by atoms with van der Waals surface area (Å²) in [6, 6.07) is 9.85. The number of nitrogens with one attached hydrogen (secondary N) is 2. The van der Waals surface area contributed by atoms with E-state index in [4.69, 9.17) is 16.3 Å². The number of anilines is 3. The van der Waals surface area contributed by atoms with Gasteiger partial charge in [0.1, 0.15) is 5.75 Å². The number of rotatable bonds is 3. The Morgan fingerprint density at radius 2 is 2.07 bits per heavy atom. The van der Waals surface area contributed by atoms with Crippen molar-refractivity contribution in [3.05, 3.63) is 47.0 Å². The van der Waals surface area contributed by atoms with Crippen molar-refractivity contribution >= 4 is 46.4 Å². The summed E-state index contributed by atoms with van der Waals surface area (Å²) in [5, 5.41) is 6.01. The number of hydrogen-bond acceptors (Lipinski definition) is 4. The topological polar surface area (TPSA) is 87.7 Å². The minimum Gasteiger partial charge on any atom is -0.479 e. The van der Waals surface area contributed by atoms with Crippen LogP contribution in [-0.2, 0) is 9.59 Å². The Hall–Kier alpha value is -3.06. The van der Waals surface area contributed by atoms with Crippen molar-refractivity contribution in [1.29, 1.82) is 0 Å². The lowest BCUT2D eigenvalue weighted by atomic mass is 10.1. The second kappa shape index (κ2) is 7.16. The quantitative estimate of drug-likeness (QED) is 0.827. The maximum Gasteiger partial charge on any atom is 0.265 e. The van der Waals surface area contributed by atoms with E-state index in [1.165, 1.54) is 0 Å². The zero-order chi connectivity index (χ0) is 19.8. The zero-order valence-electron chi connectivity index (χ0n) is 15.1. The Balaban J connectivity index is 1.60. The normalized spacial score (nSPS) is 18.4. The number of nitrogens with zero attached hydrogens (tertiary/aromatic N) is 1. The Morgan fingerprint density at radius 1 is 1.25 bits per heavy atom. The number of carbonyl (C=O) groups excluding carboxylic acids is 3. The average molecular weight is 400 g/mol. The van der Waals surface area contributed by atoms with Crippen LogP contribution in [0.25, 0.3) is 0 Å². The summed E-state index contributed by atoms with van der Waals surface area (Å²) in [6.07, 6.45) is 0.633. The first-order valence-corrected chi connectivity index (χ1v) is 9.33. The van der Waals surface area contributed by atoms with Crippen LogP contribution < -0.4 is 20.3 Å². The Kier molecular flexibility index (Phi) is 4.68. The van der Waals surface area contributed by atoms with E-state index in [-0.39, 0.29) is 17.7 Å². The number of ether oxygens (including phenoxy) is 1. The summed E-state index contributed by atoms with van der Waals surface area (Å²) in [5.41, 5.74) is 1.84. The molecule has 0 saturated carbocycles. The van der Waals surface area contributed by atoms with Crippen LogP contribution in [0.1, 0.15) is 30.1 Å². The monoisotopic (exact) mass is 399 g/mol. The Labute approximate surface area is 166 Å². The van der Waals surface area contributed by atoms with Gasteiger partial charge in [0.2, 0.25) is 5.91 Å². The molecule has 1 saturated heterocycles.